The third-order valence-corrected chi connectivity index (χ3v) is 8.10. The van der Waals surface area contributed by atoms with Crippen LogP contribution in [0.25, 0.3) is 0 Å². The predicted molar refractivity (Wildman–Crippen MR) is 132 cm³/mol. The summed E-state index contributed by atoms with van der Waals surface area (Å²) in [6.07, 6.45) is 0. The highest BCUT2D eigenvalue weighted by molar-refractivity contribution is 8.01. The Labute approximate surface area is 202 Å². The van der Waals surface area contributed by atoms with Gasteiger partial charge in [0, 0.05) is 28.4 Å². The molecule has 2 amide bonds. The van der Waals surface area contributed by atoms with Crippen molar-refractivity contribution < 1.29 is 14.3 Å². The molecule has 33 heavy (non-hydrogen) atoms. The van der Waals surface area contributed by atoms with Crippen molar-refractivity contribution in [2.75, 3.05) is 24.3 Å². The smallest absolute Gasteiger partial charge is 0.268 e. The zero-order valence-corrected chi connectivity index (χ0v) is 19.9. The van der Waals surface area contributed by atoms with Crippen LogP contribution in [-0.4, -0.2) is 36.1 Å². The highest BCUT2D eigenvalue weighted by Gasteiger charge is 2.59. The summed E-state index contributed by atoms with van der Waals surface area (Å²) < 4.78 is 5.49. The van der Waals surface area contributed by atoms with Gasteiger partial charge >= 0.3 is 0 Å². The van der Waals surface area contributed by atoms with Crippen LogP contribution in [0.4, 0.5) is 5.69 Å². The predicted octanol–water partition coefficient (Wildman–Crippen LogP) is 5.25. The third kappa shape index (κ3) is 3.40. The zero-order valence-electron chi connectivity index (χ0n) is 18.4. The number of ether oxygens (including phenoxy) is 1. The van der Waals surface area contributed by atoms with Gasteiger partial charge in [-0.05, 0) is 48.4 Å². The Hall–Kier alpha value is -2.96. The quantitative estimate of drug-likeness (QED) is 0.514. The molecule has 2 heterocycles. The number of anilines is 1. The molecule has 0 N–H and O–H groups in total. The van der Waals surface area contributed by atoms with Gasteiger partial charge in [-0.1, -0.05) is 48.0 Å². The molecule has 2 aliphatic heterocycles. The third-order valence-electron chi connectivity index (χ3n) is 6.31. The van der Waals surface area contributed by atoms with Crippen LogP contribution in [0, 0.1) is 6.92 Å². The lowest BCUT2D eigenvalue weighted by Gasteiger charge is -2.33. The molecule has 168 valence electrons. The van der Waals surface area contributed by atoms with E-state index in [1.165, 1.54) is 11.8 Å². The molecule has 5 nitrogen and oxygen atoms in total. The average Bonchev–Trinajstić information content (AvgIpc) is 3.37. The fourth-order valence-electron chi connectivity index (χ4n) is 4.63. The molecule has 3 aromatic carbocycles. The van der Waals surface area contributed by atoms with Crippen molar-refractivity contribution >= 4 is 40.9 Å². The zero-order chi connectivity index (χ0) is 23.2. The van der Waals surface area contributed by atoms with Crippen molar-refractivity contribution in [1.29, 1.82) is 0 Å². The molecule has 0 unspecified atom stereocenters. The monoisotopic (exact) mass is 478 g/mol. The Kier molecular flexibility index (Phi) is 5.59. The summed E-state index contributed by atoms with van der Waals surface area (Å²) in [6, 6.07) is 20.6. The number of carbonyl (C=O) groups is 2. The fourth-order valence-corrected chi connectivity index (χ4v) is 6.28. The Morgan fingerprint density at radius 3 is 2.64 bits per heavy atom. The number of methoxy groups -OCH3 is 1. The molecule has 1 atom stereocenters. The Balaban J connectivity index is 1.64. The van der Waals surface area contributed by atoms with E-state index in [-0.39, 0.29) is 11.8 Å². The van der Waals surface area contributed by atoms with Crippen molar-refractivity contribution in [2.45, 2.75) is 18.3 Å². The number of fused-ring (bicyclic) bond motifs is 2. The molecule has 0 saturated carbocycles. The van der Waals surface area contributed by atoms with Gasteiger partial charge in [-0.25, -0.2) is 0 Å². The van der Waals surface area contributed by atoms with Crippen LogP contribution in [0.5, 0.6) is 5.75 Å². The second-order valence-corrected chi connectivity index (χ2v) is 9.82. The molecule has 1 spiro atoms. The molecule has 0 radical (unpaired) electrons. The lowest BCUT2D eigenvalue weighted by molar-refractivity contribution is -0.123. The number of thioether (sulfide) groups is 1. The molecule has 5 rings (SSSR count). The van der Waals surface area contributed by atoms with Crippen molar-refractivity contribution in [3.63, 3.8) is 0 Å². The van der Waals surface area contributed by atoms with Gasteiger partial charge < -0.3 is 14.5 Å². The van der Waals surface area contributed by atoms with Crippen molar-refractivity contribution in [3.8, 4) is 5.75 Å². The number of halogens is 1. The number of hydrogen-bond acceptors (Lipinski definition) is 4. The van der Waals surface area contributed by atoms with Crippen LogP contribution in [0.1, 0.15) is 27.0 Å². The Bertz CT molecular complexity index is 1260. The summed E-state index contributed by atoms with van der Waals surface area (Å²) in [5.74, 6) is 1.05. The minimum Gasteiger partial charge on any atom is -0.497 e. The number of benzene rings is 3. The molecule has 3 aromatic rings. The molecule has 1 fully saturated rings. The summed E-state index contributed by atoms with van der Waals surface area (Å²) in [5, 5.41) is 0.605. The van der Waals surface area contributed by atoms with Crippen molar-refractivity contribution in [2.24, 2.45) is 0 Å². The number of rotatable bonds is 4. The second kappa shape index (κ2) is 8.43. The van der Waals surface area contributed by atoms with Gasteiger partial charge in [0.1, 0.15) is 5.75 Å². The van der Waals surface area contributed by atoms with Crippen molar-refractivity contribution in [3.05, 3.63) is 94.0 Å². The standard InChI is InChI=1S/C26H23ClN2O3S/c1-17-7-3-5-9-20(17)24(30)29-13-14-33-26(29)21-15-19(32-2)11-12-23(21)28(25(26)31)16-18-8-4-6-10-22(18)27/h3-12,15H,13-14,16H2,1-2H3/t26-/m0/s1. The lowest BCUT2D eigenvalue weighted by atomic mass is 10.0. The number of amides is 2. The minimum atomic E-state index is -1.13. The van der Waals surface area contributed by atoms with Gasteiger partial charge in [0.15, 0.2) is 4.87 Å². The summed E-state index contributed by atoms with van der Waals surface area (Å²) in [4.78, 5) is 30.2. The number of carbonyl (C=O) groups excluding carboxylic acids is 2. The summed E-state index contributed by atoms with van der Waals surface area (Å²) in [7, 11) is 1.60. The lowest BCUT2D eigenvalue weighted by Crippen LogP contribution is -2.50. The van der Waals surface area contributed by atoms with E-state index in [1.54, 1.807) is 16.9 Å². The molecule has 0 aliphatic carbocycles. The summed E-state index contributed by atoms with van der Waals surface area (Å²) >= 11 is 7.93. The second-order valence-electron chi connectivity index (χ2n) is 8.13. The average molecular weight is 479 g/mol. The van der Waals surface area contributed by atoms with Gasteiger partial charge in [-0.15, -0.1) is 11.8 Å². The van der Waals surface area contributed by atoms with Gasteiger partial charge in [-0.3, -0.25) is 9.59 Å². The highest BCUT2D eigenvalue weighted by Crippen LogP contribution is 2.55. The van der Waals surface area contributed by atoms with E-state index >= 15 is 0 Å². The van der Waals surface area contributed by atoms with E-state index in [2.05, 4.69) is 0 Å². The van der Waals surface area contributed by atoms with Crippen LogP contribution in [0.15, 0.2) is 66.7 Å². The maximum atomic E-state index is 14.2. The first-order chi connectivity index (χ1) is 16.0. The maximum Gasteiger partial charge on any atom is 0.268 e. The SMILES string of the molecule is COc1ccc2c(c1)[C@]1(SCCN1C(=O)c1ccccc1C)C(=O)N2Cc1ccccc1Cl. The van der Waals surface area contributed by atoms with Crippen LogP contribution in [-0.2, 0) is 16.2 Å². The van der Waals surface area contributed by atoms with Gasteiger partial charge in [0.25, 0.3) is 11.8 Å². The molecule has 0 bridgehead atoms. The number of hydrogen-bond donors (Lipinski definition) is 0. The van der Waals surface area contributed by atoms with E-state index in [0.29, 0.717) is 35.2 Å². The van der Waals surface area contributed by atoms with Crippen LogP contribution in [0.2, 0.25) is 5.02 Å². The molecule has 0 aromatic heterocycles. The first kappa shape index (κ1) is 21.9. The fraction of sp³-hybridized carbons (Fsp3) is 0.231. The molecule has 2 aliphatic rings. The number of aryl methyl sites for hydroxylation is 1. The van der Waals surface area contributed by atoms with Crippen LogP contribution >= 0.6 is 23.4 Å². The first-order valence-electron chi connectivity index (χ1n) is 10.7. The molecular formula is C26H23ClN2O3S. The number of nitrogens with zero attached hydrogens (tertiary/aromatic N) is 2. The molecular weight excluding hydrogens is 456 g/mol. The van der Waals surface area contributed by atoms with E-state index in [9.17, 15) is 9.59 Å². The molecule has 1 saturated heterocycles. The summed E-state index contributed by atoms with van der Waals surface area (Å²) in [5.41, 5.74) is 3.91. The van der Waals surface area contributed by atoms with Gasteiger partial charge in [0.2, 0.25) is 0 Å². The topological polar surface area (TPSA) is 49.9 Å². The van der Waals surface area contributed by atoms with Gasteiger partial charge in [0.05, 0.1) is 19.3 Å². The van der Waals surface area contributed by atoms with E-state index in [4.69, 9.17) is 16.3 Å². The van der Waals surface area contributed by atoms with E-state index in [0.717, 1.165) is 22.4 Å². The minimum absolute atomic E-state index is 0.130. The Morgan fingerprint density at radius 2 is 1.88 bits per heavy atom. The van der Waals surface area contributed by atoms with Crippen LogP contribution < -0.4 is 9.64 Å². The molecule has 7 heteroatoms. The van der Waals surface area contributed by atoms with E-state index in [1.807, 2.05) is 73.7 Å². The highest BCUT2D eigenvalue weighted by atomic mass is 35.5. The summed E-state index contributed by atoms with van der Waals surface area (Å²) in [6.45, 7) is 2.73. The first-order valence-corrected chi connectivity index (χ1v) is 12.1. The normalized spacial score (nSPS) is 19.3. The van der Waals surface area contributed by atoms with Crippen molar-refractivity contribution in [1.82, 2.24) is 4.90 Å². The maximum absolute atomic E-state index is 14.2. The van der Waals surface area contributed by atoms with Crippen LogP contribution in [0.3, 0.4) is 0 Å². The van der Waals surface area contributed by atoms with E-state index < -0.39 is 4.87 Å². The van der Waals surface area contributed by atoms with Gasteiger partial charge in [-0.2, -0.15) is 0 Å². The Morgan fingerprint density at radius 1 is 1.12 bits per heavy atom. The largest absolute Gasteiger partial charge is 0.497 e.